The fourth-order valence-electron chi connectivity index (χ4n) is 3.25. The van der Waals surface area contributed by atoms with E-state index >= 15 is 0 Å². The van der Waals surface area contributed by atoms with Crippen LogP contribution in [0.5, 0.6) is 0 Å². The number of rotatable bonds is 6. The average molecular weight is 389 g/mol. The van der Waals surface area contributed by atoms with Gasteiger partial charge >= 0.3 is 0 Å². The van der Waals surface area contributed by atoms with Gasteiger partial charge in [-0.1, -0.05) is 11.6 Å². The van der Waals surface area contributed by atoms with Crippen LogP contribution in [0.2, 0.25) is 5.02 Å². The molecule has 0 radical (unpaired) electrons. The minimum Gasteiger partial charge on any atom is -0.369 e. The summed E-state index contributed by atoms with van der Waals surface area (Å²) in [6.45, 7) is 5.45. The van der Waals surface area contributed by atoms with E-state index in [-0.39, 0.29) is 17.0 Å². The van der Waals surface area contributed by atoms with Crippen LogP contribution in [0.1, 0.15) is 16.8 Å². The van der Waals surface area contributed by atoms with Gasteiger partial charge in [0, 0.05) is 56.7 Å². The zero-order chi connectivity index (χ0) is 19.2. The van der Waals surface area contributed by atoms with Crippen molar-refractivity contribution in [2.45, 2.75) is 6.42 Å². The van der Waals surface area contributed by atoms with Crippen molar-refractivity contribution in [3.8, 4) is 0 Å². The van der Waals surface area contributed by atoms with E-state index in [1.54, 1.807) is 25.4 Å². The summed E-state index contributed by atoms with van der Waals surface area (Å²) in [5.74, 6) is -0.302. The van der Waals surface area contributed by atoms with Crippen LogP contribution < -0.4 is 15.8 Å². The fourth-order valence-corrected chi connectivity index (χ4v) is 3.38. The lowest BCUT2D eigenvalue weighted by molar-refractivity contribution is 0.0949. The number of aryl methyl sites for hydroxylation is 1. The van der Waals surface area contributed by atoms with E-state index in [9.17, 15) is 9.59 Å². The standard InChI is InChI=1S/C20H25ClN4O2/c1-23-10-2-4-18(20(23)27)19(26)22-9-3-11-24-12-14-25(15-13-24)17-7-5-16(21)6-8-17/h2,4-8,10H,3,9,11-15H2,1H3,(H,22,26). The molecule has 0 saturated carbocycles. The molecule has 0 unspecified atom stereocenters. The molecule has 0 bridgehead atoms. The van der Waals surface area contributed by atoms with E-state index in [0.717, 1.165) is 44.2 Å². The quantitative estimate of drug-likeness (QED) is 0.769. The summed E-state index contributed by atoms with van der Waals surface area (Å²) >= 11 is 5.95. The minimum absolute atomic E-state index is 0.191. The first-order chi connectivity index (χ1) is 13.0. The van der Waals surface area contributed by atoms with Crippen molar-refractivity contribution in [2.24, 2.45) is 7.05 Å². The third-order valence-electron chi connectivity index (χ3n) is 4.87. The number of piperazine rings is 1. The van der Waals surface area contributed by atoms with Crippen LogP contribution in [0, 0.1) is 0 Å². The molecule has 7 heteroatoms. The molecule has 1 N–H and O–H groups in total. The monoisotopic (exact) mass is 388 g/mol. The molecule has 3 rings (SSSR count). The van der Waals surface area contributed by atoms with Crippen molar-refractivity contribution in [2.75, 3.05) is 44.2 Å². The van der Waals surface area contributed by atoms with Crippen LogP contribution in [-0.2, 0) is 7.05 Å². The number of hydrogen-bond acceptors (Lipinski definition) is 4. The second-order valence-corrected chi connectivity index (χ2v) is 7.19. The number of pyridine rings is 1. The van der Waals surface area contributed by atoms with E-state index in [1.807, 2.05) is 12.1 Å². The smallest absolute Gasteiger partial charge is 0.263 e. The highest BCUT2D eigenvalue weighted by molar-refractivity contribution is 6.30. The number of anilines is 1. The van der Waals surface area contributed by atoms with E-state index in [4.69, 9.17) is 11.6 Å². The molecule has 0 spiro atoms. The molecule has 27 heavy (non-hydrogen) atoms. The molecule has 0 aliphatic carbocycles. The molecular weight excluding hydrogens is 364 g/mol. The van der Waals surface area contributed by atoms with Gasteiger partial charge in [-0.2, -0.15) is 0 Å². The zero-order valence-corrected chi connectivity index (χ0v) is 16.3. The lowest BCUT2D eigenvalue weighted by atomic mass is 10.2. The Bertz CT molecular complexity index is 827. The molecule has 1 aromatic heterocycles. The predicted molar refractivity (Wildman–Crippen MR) is 109 cm³/mol. The Balaban J connectivity index is 1.38. The molecule has 6 nitrogen and oxygen atoms in total. The summed E-state index contributed by atoms with van der Waals surface area (Å²) in [7, 11) is 1.64. The Kier molecular flexibility index (Phi) is 6.53. The van der Waals surface area contributed by atoms with Gasteiger partial charge in [-0.05, 0) is 49.4 Å². The molecule has 2 heterocycles. The van der Waals surface area contributed by atoms with Gasteiger partial charge in [0.15, 0.2) is 0 Å². The van der Waals surface area contributed by atoms with Crippen molar-refractivity contribution in [3.05, 3.63) is 63.5 Å². The van der Waals surface area contributed by atoms with Crippen LogP contribution in [-0.4, -0.2) is 54.6 Å². The maximum atomic E-state index is 12.1. The average Bonchev–Trinajstić information content (AvgIpc) is 2.68. The maximum absolute atomic E-state index is 12.1. The Morgan fingerprint density at radius 3 is 2.52 bits per heavy atom. The van der Waals surface area contributed by atoms with Crippen LogP contribution in [0.15, 0.2) is 47.4 Å². The number of nitrogens with one attached hydrogen (secondary N) is 1. The van der Waals surface area contributed by atoms with Gasteiger partial charge in [-0.25, -0.2) is 0 Å². The Labute approximate surface area is 164 Å². The lowest BCUT2D eigenvalue weighted by Gasteiger charge is -2.36. The SMILES string of the molecule is Cn1cccc(C(=O)NCCCN2CCN(c3ccc(Cl)cc3)CC2)c1=O. The second-order valence-electron chi connectivity index (χ2n) is 6.75. The largest absolute Gasteiger partial charge is 0.369 e. The van der Waals surface area contributed by atoms with E-state index in [1.165, 1.54) is 10.3 Å². The molecule has 1 aliphatic heterocycles. The third kappa shape index (κ3) is 5.11. The number of amides is 1. The van der Waals surface area contributed by atoms with E-state index < -0.39 is 0 Å². The van der Waals surface area contributed by atoms with Gasteiger partial charge in [0.25, 0.3) is 11.5 Å². The topological polar surface area (TPSA) is 57.6 Å². The van der Waals surface area contributed by atoms with Crippen molar-refractivity contribution in [1.82, 2.24) is 14.8 Å². The summed E-state index contributed by atoms with van der Waals surface area (Å²) in [6, 6.07) is 11.2. The highest BCUT2D eigenvalue weighted by atomic mass is 35.5. The molecule has 1 aliphatic rings. The molecule has 1 amide bonds. The Morgan fingerprint density at radius 1 is 1.11 bits per heavy atom. The predicted octanol–water partition coefficient (Wildman–Crippen LogP) is 1.98. The number of carbonyl (C=O) groups is 1. The number of carbonyl (C=O) groups excluding carboxylic acids is 1. The van der Waals surface area contributed by atoms with E-state index in [2.05, 4.69) is 27.2 Å². The highest BCUT2D eigenvalue weighted by Crippen LogP contribution is 2.19. The summed E-state index contributed by atoms with van der Waals surface area (Å²) in [6.07, 6.45) is 2.50. The molecular formula is C20H25ClN4O2. The van der Waals surface area contributed by atoms with Crippen molar-refractivity contribution < 1.29 is 4.79 Å². The first-order valence-corrected chi connectivity index (χ1v) is 9.59. The molecule has 144 valence electrons. The van der Waals surface area contributed by atoms with Crippen molar-refractivity contribution in [3.63, 3.8) is 0 Å². The number of benzene rings is 1. The third-order valence-corrected chi connectivity index (χ3v) is 5.12. The number of hydrogen-bond donors (Lipinski definition) is 1. The number of aromatic nitrogens is 1. The van der Waals surface area contributed by atoms with Gasteiger partial charge in [-0.15, -0.1) is 0 Å². The number of nitrogens with zero attached hydrogens (tertiary/aromatic N) is 3. The fraction of sp³-hybridized carbons (Fsp3) is 0.400. The highest BCUT2D eigenvalue weighted by Gasteiger charge is 2.17. The first-order valence-electron chi connectivity index (χ1n) is 9.21. The normalized spacial score (nSPS) is 15.0. The van der Waals surface area contributed by atoms with Gasteiger partial charge in [-0.3, -0.25) is 14.5 Å². The van der Waals surface area contributed by atoms with Crippen LogP contribution >= 0.6 is 11.6 Å². The molecule has 1 saturated heterocycles. The molecule has 2 aromatic rings. The molecule has 1 aromatic carbocycles. The maximum Gasteiger partial charge on any atom is 0.263 e. The van der Waals surface area contributed by atoms with Crippen LogP contribution in [0.4, 0.5) is 5.69 Å². The second kappa shape index (κ2) is 9.06. The summed E-state index contributed by atoms with van der Waals surface area (Å²) in [4.78, 5) is 28.8. The number of halogens is 1. The van der Waals surface area contributed by atoms with Gasteiger partial charge < -0.3 is 14.8 Å². The van der Waals surface area contributed by atoms with Gasteiger partial charge in [0.05, 0.1) is 0 Å². The summed E-state index contributed by atoms with van der Waals surface area (Å²) in [5.41, 5.74) is 1.13. The van der Waals surface area contributed by atoms with Crippen LogP contribution in [0.25, 0.3) is 0 Å². The Morgan fingerprint density at radius 2 is 1.81 bits per heavy atom. The molecule has 1 fully saturated rings. The zero-order valence-electron chi connectivity index (χ0n) is 15.5. The summed E-state index contributed by atoms with van der Waals surface area (Å²) in [5, 5.41) is 3.60. The van der Waals surface area contributed by atoms with Gasteiger partial charge in [0.2, 0.25) is 0 Å². The van der Waals surface area contributed by atoms with Crippen molar-refractivity contribution >= 4 is 23.2 Å². The van der Waals surface area contributed by atoms with Crippen LogP contribution in [0.3, 0.4) is 0 Å². The first kappa shape index (κ1) is 19.5. The summed E-state index contributed by atoms with van der Waals surface area (Å²) < 4.78 is 1.41. The van der Waals surface area contributed by atoms with E-state index in [0.29, 0.717) is 6.54 Å². The van der Waals surface area contributed by atoms with Crippen molar-refractivity contribution in [1.29, 1.82) is 0 Å². The Hall–Kier alpha value is -2.31. The lowest BCUT2D eigenvalue weighted by Crippen LogP contribution is -2.47. The van der Waals surface area contributed by atoms with Gasteiger partial charge in [0.1, 0.15) is 5.56 Å². The minimum atomic E-state index is -0.302. The molecule has 0 atom stereocenters.